The van der Waals surface area contributed by atoms with Crippen molar-refractivity contribution in [2.75, 3.05) is 5.32 Å². The van der Waals surface area contributed by atoms with E-state index in [2.05, 4.69) is 15.3 Å². The summed E-state index contributed by atoms with van der Waals surface area (Å²) in [6, 6.07) is -0.772. The van der Waals surface area contributed by atoms with Gasteiger partial charge in [0.05, 0.1) is 0 Å². The van der Waals surface area contributed by atoms with Gasteiger partial charge < -0.3 is 15.4 Å². The number of hydrogen-bond donors (Lipinski definition) is 3. The summed E-state index contributed by atoms with van der Waals surface area (Å²) in [4.78, 5) is 28.2. The van der Waals surface area contributed by atoms with Gasteiger partial charge in [0.1, 0.15) is 6.04 Å². The molecular weight excluding hydrogens is 198 g/mol. The summed E-state index contributed by atoms with van der Waals surface area (Å²) in [7, 11) is 0. The summed E-state index contributed by atoms with van der Waals surface area (Å²) >= 11 is 0. The Labute approximate surface area is 86.4 Å². The number of carboxylic acid groups (broad SMARTS) is 1. The fourth-order valence-electron chi connectivity index (χ4n) is 1.17. The first-order chi connectivity index (χ1) is 7.15. The summed E-state index contributed by atoms with van der Waals surface area (Å²) in [5, 5.41) is 11.4. The second-order valence-corrected chi connectivity index (χ2v) is 3.09. The largest absolute Gasteiger partial charge is 0.480 e. The summed E-state index contributed by atoms with van der Waals surface area (Å²) < 4.78 is 0. The number of aliphatic carboxylic acids is 1. The van der Waals surface area contributed by atoms with E-state index in [0.29, 0.717) is 12.8 Å². The van der Waals surface area contributed by atoms with Gasteiger partial charge in [0.15, 0.2) is 5.82 Å². The average molecular weight is 211 g/mol. The number of rotatable bonds is 5. The zero-order valence-corrected chi connectivity index (χ0v) is 8.36. The van der Waals surface area contributed by atoms with Gasteiger partial charge in [-0.05, 0) is 6.42 Å². The number of aromatic nitrogens is 2. The number of nitrogens with zero attached hydrogens (tertiary/aromatic N) is 1. The maximum atomic E-state index is 11.2. The third kappa shape index (κ3) is 3.08. The molecule has 1 unspecified atom stereocenters. The van der Waals surface area contributed by atoms with Crippen molar-refractivity contribution in [2.24, 2.45) is 0 Å². The molecule has 0 radical (unpaired) electrons. The van der Waals surface area contributed by atoms with Gasteiger partial charge in [0.2, 0.25) is 0 Å². The molecule has 6 heteroatoms. The molecule has 1 atom stereocenters. The van der Waals surface area contributed by atoms with Crippen LogP contribution in [0.5, 0.6) is 0 Å². The second-order valence-electron chi connectivity index (χ2n) is 3.09. The molecule has 0 aliphatic heterocycles. The molecule has 1 aromatic heterocycles. The molecule has 0 bridgehead atoms. The van der Waals surface area contributed by atoms with Crippen LogP contribution in [-0.4, -0.2) is 27.1 Å². The lowest BCUT2D eigenvalue weighted by molar-refractivity contribution is -0.138. The molecule has 1 heterocycles. The lowest BCUT2D eigenvalue weighted by atomic mass is 10.2. The molecule has 0 saturated carbocycles. The molecule has 1 rings (SSSR count). The number of hydrogen-bond acceptors (Lipinski definition) is 4. The average Bonchev–Trinajstić information content (AvgIpc) is 2.20. The van der Waals surface area contributed by atoms with Crippen LogP contribution in [0.25, 0.3) is 0 Å². The van der Waals surface area contributed by atoms with Crippen LogP contribution < -0.4 is 10.9 Å². The molecular formula is C9H13N3O3. The van der Waals surface area contributed by atoms with Gasteiger partial charge in [-0.15, -0.1) is 0 Å². The molecule has 0 aliphatic carbocycles. The van der Waals surface area contributed by atoms with Gasteiger partial charge in [-0.25, -0.2) is 9.78 Å². The molecule has 0 aromatic carbocycles. The molecule has 6 nitrogen and oxygen atoms in total. The van der Waals surface area contributed by atoms with Crippen LogP contribution in [-0.2, 0) is 4.79 Å². The Hall–Kier alpha value is -1.85. The van der Waals surface area contributed by atoms with Gasteiger partial charge in [-0.2, -0.15) is 0 Å². The highest BCUT2D eigenvalue weighted by molar-refractivity contribution is 5.76. The van der Waals surface area contributed by atoms with Gasteiger partial charge in [0.25, 0.3) is 5.56 Å². The predicted octanol–water partition coefficient (Wildman–Crippen LogP) is 0.435. The van der Waals surface area contributed by atoms with Crippen LogP contribution in [0.15, 0.2) is 17.2 Å². The van der Waals surface area contributed by atoms with Crippen LogP contribution in [0.4, 0.5) is 5.82 Å². The molecule has 0 spiro atoms. The summed E-state index contributed by atoms with van der Waals surface area (Å²) in [6.45, 7) is 1.88. The lowest BCUT2D eigenvalue weighted by Crippen LogP contribution is -2.32. The number of H-pyrrole nitrogens is 1. The Balaban J connectivity index is 2.79. The van der Waals surface area contributed by atoms with Gasteiger partial charge in [-0.3, -0.25) is 4.79 Å². The van der Waals surface area contributed by atoms with Crippen LogP contribution in [0.1, 0.15) is 19.8 Å². The van der Waals surface area contributed by atoms with E-state index < -0.39 is 17.6 Å². The highest BCUT2D eigenvalue weighted by atomic mass is 16.4. The quantitative estimate of drug-likeness (QED) is 0.656. The van der Waals surface area contributed by atoms with Crippen LogP contribution in [0, 0.1) is 0 Å². The van der Waals surface area contributed by atoms with Crippen molar-refractivity contribution in [3.8, 4) is 0 Å². The first-order valence-corrected chi connectivity index (χ1v) is 4.68. The first-order valence-electron chi connectivity index (χ1n) is 4.68. The number of carbonyl (C=O) groups is 1. The fraction of sp³-hybridized carbons (Fsp3) is 0.444. The van der Waals surface area contributed by atoms with E-state index in [0.717, 1.165) is 0 Å². The van der Waals surface area contributed by atoms with E-state index in [4.69, 9.17) is 5.11 Å². The van der Waals surface area contributed by atoms with Gasteiger partial charge >= 0.3 is 5.97 Å². The highest BCUT2D eigenvalue weighted by Gasteiger charge is 2.17. The number of aromatic amines is 1. The Bertz CT molecular complexity index is 388. The smallest absolute Gasteiger partial charge is 0.326 e. The van der Waals surface area contributed by atoms with E-state index in [1.54, 1.807) is 0 Å². The van der Waals surface area contributed by atoms with Crippen molar-refractivity contribution in [2.45, 2.75) is 25.8 Å². The van der Waals surface area contributed by atoms with Crippen LogP contribution >= 0.6 is 0 Å². The molecule has 0 saturated heterocycles. The normalized spacial score (nSPS) is 12.1. The molecule has 15 heavy (non-hydrogen) atoms. The fourth-order valence-corrected chi connectivity index (χ4v) is 1.17. The number of carboxylic acids is 1. The molecule has 1 aromatic rings. The topological polar surface area (TPSA) is 95.1 Å². The minimum atomic E-state index is -0.984. The second kappa shape index (κ2) is 5.14. The molecule has 0 fully saturated rings. The monoisotopic (exact) mass is 211 g/mol. The molecule has 0 aliphatic rings. The zero-order valence-electron chi connectivity index (χ0n) is 8.36. The van der Waals surface area contributed by atoms with E-state index in [9.17, 15) is 9.59 Å². The van der Waals surface area contributed by atoms with Crippen molar-refractivity contribution in [3.63, 3.8) is 0 Å². The summed E-state index contributed by atoms with van der Waals surface area (Å²) in [6.07, 6.45) is 3.96. The third-order valence-corrected chi connectivity index (χ3v) is 1.89. The van der Waals surface area contributed by atoms with Gasteiger partial charge in [0, 0.05) is 12.4 Å². The summed E-state index contributed by atoms with van der Waals surface area (Å²) in [5.74, 6) is -0.944. The SMILES string of the molecule is CCCC(Nc1ncc[nH]c1=O)C(=O)O. The first kappa shape index (κ1) is 11.2. The van der Waals surface area contributed by atoms with Crippen LogP contribution in [0.2, 0.25) is 0 Å². The van der Waals surface area contributed by atoms with E-state index >= 15 is 0 Å². The maximum absolute atomic E-state index is 11.2. The standard InChI is InChI=1S/C9H13N3O3/c1-2-3-6(9(14)15)12-7-8(13)11-5-4-10-7/h4-6H,2-3H2,1H3,(H,10,12)(H,11,13)(H,14,15). The molecule has 3 N–H and O–H groups in total. The third-order valence-electron chi connectivity index (χ3n) is 1.89. The Kier molecular flexibility index (Phi) is 3.84. The van der Waals surface area contributed by atoms with Crippen molar-refractivity contribution in [1.82, 2.24) is 9.97 Å². The minimum absolute atomic E-state index is 0.0401. The van der Waals surface area contributed by atoms with Crippen molar-refractivity contribution >= 4 is 11.8 Å². The Morgan fingerprint density at radius 1 is 1.73 bits per heavy atom. The number of nitrogens with one attached hydrogen (secondary N) is 2. The van der Waals surface area contributed by atoms with Crippen molar-refractivity contribution in [1.29, 1.82) is 0 Å². The highest BCUT2D eigenvalue weighted by Crippen LogP contribution is 2.02. The minimum Gasteiger partial charge on any atom is -0.480 e. The van der Waals surface area contributed by atoms with Gasteiger partial charge in [-0.1, -0.05) is 13.3 Å². The van der Waals surface area contributed by atoms with Crippen molar-refractivity contribution in [3.05, 3.63) is 22.7 Å². The molecule has 82 valence electrons. The van der Waals surface area contributed by atoms with E-state index in [1.165, 1.54) is 12.4 Å². The van der Waals surface area contributed by atoms with E-state index in [1.807, 2.05) is 6.92 Å². The Morgan fingerprint density at radius 2 is 2.47 bits per heavy atom. The van der Waals surface area contributed by atoms with E-state index in [-0.39, 0.29) is 5.82 Å². The predicted molar refractivity (Wildman–Crippen MR) is 54.8 cm³/mol. The number of anilines is 1. The molecule has 0 amide bonds. The van der Waals surface area contributed by atoms with Crippen LogP contribution in [0.3, 0.4) is 0 Å². The Morgan fingerprint density at radius 3 is 3.00 bits per heavy atom. The van der Waals surface area contributed by atoms with Crippen molar-refractivity contribution < 1.29 is 9.90 Å². The maximum Gasteiger partial charge on any atom is 0.326 e. The lowest BCUT2D eigenvalue weighted by Gasteiger charge is -2.12. The zero-order chi connectivity index (χ0) is 11.3. The summed E-state index contributed by atoms with van der Waals surface area (Å²) in [5.41, 5.74) is -0.417.